The molecule has 0 aromatic heterocycles. The van der Waals surface area contributed by atoms with Crippen molar-refractivity contribution in [2.75, 3.05) is 7.05 Å². The molecule has 1 aliphatic rings. The van der Waals surface area contributed by atoms with E-state index in [1.165, 1.54) is 11.1 Å². The lowest BCUT2D eigenvalue weighted by molar-refractivity contribution is -0.131. The highest BCUT2D eigenvalue weighted by atomic mass is 16.2. The average Bonchev–Trinajstić information content (AvgIpc) is 2.28. The Bertz CT molecular complexity index is 329. The summed E-state index contributed by atoms with van der Waals surface area (Å²) in [7, 11) is 1.80. The third kappa shape index (κ3) is 1.51. The summed E-state index contributed by atoms with van der Waals surface area (Å²) in [5.74, 6) is 0.0289. The molecule has 2 rings (SSSR count). The number of carbonyl (C=O) groups is 1. The number of hydrogen-bond acceptors (Lipinski definition) is 2. The highest BCUT2D eigenvalue weighted by Gasteiger charge is 2.23. The first-order valence-electron chi connectivity index (χ1n) is 4.76. The third-order valence-corrected chi connectivity index (χ3v) is 2.66. The predicted molar refractivity (Wildman–Crippen MR) is 54.6 cm³/mol. The Morgan fingerprint density at radius 1 is 1.36 bits per heavy atom. The average molecular weight is 190 g/mol. The van der Waals surface area contributed by atoms with Gasteiger partial charge in [-0.15, -0.1) is 0 Å². The molecule has 1 aliphatic heterocycles. The quantitative estimate of drug-likeness (QED) is 0.648. The number of nitrogens with zero attached hydrogens (tertiary/aromatic N) is 1. The lowest BCUT2D eigenvalue weighted by Crippen LogP contribution is -2.40. The molecule has 0 bridgehead atoms. The lowest BCUT2D eigenvalue weighted by atomic mass is 10.0. The van der Waals surface area contributed by atoms with Crippen LogP contribution >= 0.6 is 0 Å². The van der Waals surface area contributed by atoms with E-state index in [0.717, 1.165) is 0 Å². The van der Waals surface area contributed by atoms with Gasteiger partial charge in [0.25, 0.3) is 0 Å². The zero-order chi connectivity index (χ0) is 10.1. The lowest BCUT2D eigenvalue weighted by Gasteiger charge is -2.16. The molecule has 0 fully saturated rings. The summed E-state index contributed by atoms with van der Waals surface area (Å²) in [5.41, 5.74) is 8.19. The molecule has 1 heterocycles. The number of likely N-dealkylation sites (N-methyl/N-ethyl adjacent to an activating group) is 1. The second-order valence-corrected chi connectivity index (χ2v) is 3.77. The maximum Gasteiger partial charge on any atom is 0.239 e. The molecule has 0 aliphatic carbocycles. The molecule has 1 atom stereocenters. The molecule has 1 aromatic carbocycles. The molecule has 0 radical (unpaired) electrons. The molecule has 1 amide bonds. The first-order chi connectivity index (χ1) is 6.68. The molecule has 74 valence electrons. The van der Waals surface area contributed by atoms with E-state index < -0.39 is 0 Å². The van der Waals surface area contributed by atoms with Crippen LogP contribution in [0.2, 0.25) is 0 Å². The molecule has 0 spiro atoms. The minimum atomic E-state index is -0.386. The van der Waals surface area contributed by atoms with E-state index in [1.807, 2.05) is 18.2 Å². The van der Waals surface area contributed by atoms with Crippen LogP contribution in [0.15, 0.2) is 24.3 Å². The van der Waals surface area contributed by atoms with Crippen LogP contribution in [0.5, 0.6) is 0 Å². The van der Waals surface area contributed by atoms with Crippen LogP contribution in [0.3, 0.4) is 0 Å². The van der Waals surface area contributed by atoms with E-state index in [9.17, 15) is 4.79 Å². The first kappa shape index (κ1) is 9.21. The standard InChI is InChI=1S/C11H14N2O/c1-13-7-9-5-3-2-4-8(9)6-10(12)11(13)14/h2-5,10H,6-7,12H2,1H3. The highest BCUT2D eigenvalue weighted by molar-refractivity contribution is 5.82. The number of fused-ring (bicyclic) bond motifs is 1. The van der Waals surface area contributed by atoms with Gasteiger partial charge in [-0.25, -0.2) is 0 Å². The van der Waals surface area contributed by atoms with Gasteiger partial charge in [0, 0.05) is 13.6 Å². The number of nitrogens with two attached hydrogens (primary N) is 1. The van der Waals surface area contributed by atoms with Crippen LogP contribution in [0.4, 0.5) is 0 Å². The van der Waals surface area contributed by atoms with Gasteiger partial charge in [-0.05, 0) is 17.5 Å². The zero-order valence-corrected chi connectivity index (χ0v) is 8.23. The van der Waals surface area contributed by atoms with Gasteiger partial charge in [0.1, 0.15) is 0 Å². The number of rotatable bonds is 0. The zero-order valence-electron chi connectivity index (χ0n) is 8.23. The highest BCUT2D eigenvalue weighted by Crippen LogP contribution is 2.17. The smallest absolute Gasteiger partial charge is 0.239 e. The van der Waals surface area contributed by atoms with E-state index in [4.69, 9.17) is 5.73 Å². The summed E-state index contributed by atoms with van der Waals surface area (Å²) >= 11 is 0. The summed E-state index contributed by atoms with van der Waals surface area (Å²) < 4.78 is 0. The Labute approximate surface area is 83.5 Å². The summed E-state index contributed by atoms with van der Waals surface area (Å²) in [4.78, 5) is 13.3. The van der Waals surface area contributed by atoms with Crippen molar-refractivity contribution in [3.05, 3.63) is 35.4 Å². The van der Waals surface area contributed by atoms with Gasteiger partial charge in [0.15, 0.2) is 0 Å². The molecule has 14 heavy (non-hydrogen) atoms. The fraction of sp³-hybridized carbons (Fsp3) is 0.364. The molecule has 3 nitrogen and oxygen atoms in total. The van der Waals surface area contributed by atoms with Crippen LogP contribution in [-0.2, 0) is 17.8 Å². The largest absolute Gasteiger partial charge is 0.340 e. The SMILES string of the molecule is CN1Cc2ccccc2CC(N)C1=O. The van der Waals surface area contributed by atoms with E-state index >= 15 is 0 Å². The van der Waals surface area contributed by atoms with E-state index in [1.54, 1.807) is 11.9 Å². The van der Waals surface area contributed by atoms with Crippen LogP contribution < -0.4 is 5.73 Å². The maximum atomic E-state index is 11.6. The molecule has 1 unspecified atom stereocenters. The topological polar surface area (TPSA) is 46.3 Å². The molecule has 0 saturated carbocycles. The van der Waals surface area contributed by atoms with Crippen molar-refractivity contribution < 1.29 is 4.79 Å². The number of carbonyl (C=O) groups excluding carboxylic acids is 1. The Morgan fingerprint density at radius 2 is 2.00 bits per heavy atom. The molecule has 1 aromatic rings. The van der Waals surface area contributed by atoms with Crippen molar-refractivity contribution in [1.29, 1.82) is 0 Å². The third-order valence-electron chi connectivity index (χ3n) is 2.66. The second-order valence-electron chi connectivity index (χ2n) is 3.77. The van der Waals surface area contributed by atoms with Gasteiger partial charge in [0.05, 0.1) is 6.04 Å². The van der Waals surface area contributed by atoms with Crippen molar-refractivity contribution in [1.82, 2.24) is 4.90 Å². The van der Waals surface area contributed by atoms with Gasteiger partial charge in [-0.1, -0.05) is 24.3 Å². The monoisotopic (exact) mass is 190 g/mol. The van der Waals surface area contributed by atoms with Gasteiger partial charge in [-0.3, -0.25) is 4.79 Å². The Balaban J connectivity index is 2.39. The summed E-state index contributed by atoms with van der Waals surface area (Å²) in [6.07, 6.45) is 0.652. The fourth-order valence-corrected chi connectivity index (χ4v) is 1.85. The van der Waals surface area contributed by atoms with Crippen molar-refractivity contribution in [3.8, 4) is 0 Å². The Hall–Kier alpha value is -1.35. The predicted octanol–water partition coefficient (Wildman–Crippen LogP) is 0.528. The van der Waals surface area contributed by atoms with Crippen LogP contribution in [0, 0.1) is 0 Å². The maximum absolute atomic E-state index is 11.6. The molecule has 3 heteroatoms. The van der Waals surface area contributed by atoms with Crippen molar-refractivity contribution >= 4 is 5.91 Å². The van der Waals surface area contributed by atoms with E-state index in [0.29, 0.717) is 13.0 Å². The fourth-order valence-electron chi connectivity index (χ4n) is 1.85. The van der Waals surface area contributed by atoms with E-state index in [2.05, 4.69) is 6.07 Å². The van der Waals surface area contributed by atoms with Crippen molar-refractivity contribution in [3.63, 3.8) is 0 Å². The minimum Gasteiger partial charge on any atom is -0.340 e. The van der Waals surface area contributed by atoms with Gasteiger partial charge in [0.2, 0.25) is 5.91 Å². The Kier molecular flexibility index (Phi) is 2.25. The molecule has 2 N–H and O–H groups in total. The minimum absolute atomic E-state index is 0.0289. The normalized spacial score (nSPS) is 21.7. The number of hydrogen-bond donors (Lipinski definition) is 1. The van der Waals surface area contributed by atoms with Gasteiger partial charge < -0.3 is 10.6 Å². The van der Waals surface area contributed by atoms with Crippen molar-refractivity contribution in [2.45, 2.75) is 19.0 Å². The van der Waals surface area contributed by atoms with Crippen LogP contribution in [0.1, 0.15) is 11.1 Å². The first-order valence-corrected chi connectivity index (χ1v) is 4.76. The van der Waals surface area contributed by atoms with Gasteiger partial charge in [-0.2, -0.15) is 0 Å². The summed E-state index contributed by atoms with van der Waals surface area (Å²) in [6, 6.07) is 7.69. The molecular formula is C11H14N2O. The van der Waals surface area contributed by atoms with Crippen molar-refractivity contribution in [2.24, 2.45) is 5.73 Å². The van der Waals surface area contributed by atoms with Crippen LogP contribution in [-0.4, -0.2) is 23.9 Å². The summed E-state index contributed by atoms with van der Waals surface area (Å²) in [5, 5.41) is 0. The number of amides is 1. The molecule has 0 saturated heterocycles. The summed E-state index contributed by atoms with van der Waals surface area (Å²) in [6.45, 7) is 0.669. The van der Waals surface area contributed by atoms with Gasteiger partial charge >= 0.3 is 0 Å². The van der Waals surface area contributed by atoms with E-state index in [-0.39, 0.29) is 11.9 Å². The number of benzene rings is 1. The molecular weight excluding hydrogens is 176 g/mol. The van der Waals surface area contributed by atoms with Crippen LogP contribution in [0.25, 0.3) is 0 Å². The second kappa shape index (κ2) is 3.42. The Morgan fingerprint density at radius 3 is 2.71 bits per heavy atom.